The van der Waals surface area contributed by atoms with E-state index in [1.54, 1.807) is 19.2 Å². The Kier molecular flexibility index (Phi) is 9.15. The van der Waals surface area contributed by atoms with E-state index in [1.165, 1.54) is 5.56 Å². The average Bonchev–Trinajstić information content (AvgIpc) is 3.34. The molecule has 162 valence electrons. The van der Waals surface area contributed by atoms with Gasteiger partial charge < -0.3 is 25.7 Å². The molecule has 2 aromatic rings. The standard InChI is InChI=1S/C21H27N5O3.HI/c1-23-21(25-13-17-7-8-18(29-17)20(22)28)24-12-16-11-19(27)26(14-16)10-9-15-5-3-2-4-6-15;/h2-8,16H,9-14H2,1H3,(H2,22,28)(H2,23,24,25);1H. The van der Waals surface area contributed by atoms with E-state index in [-0.39, 0.29) is 41.6 Å². The number of primary amides is 1. The number of amides is 2. The number of nitrogens with zero attached hydrogens (tertiary/aromatic N) is 2. The third kappa shape index (κ3) is 6.75. The minimum absolute atomic E-state index is 0. The Morgan fingerprint density at radius 3 is 2.67 bits per heavy atom. The average molecular weight is 525 g/mol. The van der Waals surface area contributed by atoms with Crippen molar-refractivity contribution in [2.75, 3.05) is 26.7 Å². The van der Waals surface area contributed by atoms with Crippen LogP contribution in [0.5, 0.6) is 0 Å². The maximum absolute atomic E-state index is 12.3. The molecule has 2 heterocycles. The van der Waals surface area contributed by atoms with E-state index in [0.29, 0.717) is 31.2 Å². The zero-order valence-electron chi connectivity index (χ0n) is 17.0. The first-order valence-electron chi connectivity index (χ1n) is 9.70. The monoisotopic (exact) mass is 525 g/mol. The van der Waals surface area contributed by atoms with E-state index in [1.807, 2.05) is 23.1 Å². The molecule has 1 aromatic heterocycles. The van der Waals surface area contributed by atoms with Crippen molar-refractivity contribution in [3.63, 3.8) is 0 Å². The number of furan rings is 1. The second-order valence-electron chi connectivity index (χ2n) is 7.08. The van der Waals surface area contributed by atoms with Gasteiger partial charge in [-0.1, -0.05) is 30.3 Å². The van der Waals surface area contributed by atoms with Crippen molar-refractivity contribution in [1.29, 1.82) is 0 Å². The molecule has 1 atom stereocenters. The van der Waals surface area contributed by atoms with Gasteiger partial charge in [-0.25, -0.2) is 0 Å². The van der Waals surface area contributed by atoms with Gasteiger partial charge in [0.1, 0.15) is 5.76 Å². The zero-order chi connectivity index (χ0) is 20.6. The molecule has 4 N–H and O–H groups in total. The highest BCUT2D eigenvalue weighted by molar-refractivity contribution is 14.0. The summed E-state index contributed by atoms with van der Waals surface area (Å²) in [6, 6.07) is 13.4. The normalized spacial score (nSPS) is 16.3. The third-order valence-electron chi connectivity index (χ3n) is 4.92. The molecule has 8 nitrogen and oxygen atoms in total. The Bertz CT molecular complexity index is 869. The van der Waals surface area contributed by atoms with Crippen LogP contribution in [0.2, 0.25) is 0 Å². The lowest BCUT2D eigenvalue weighted by molar-refractivity contribution is -0.127. The van der Waals surface area contributed by atoms with Crippen LogP contribution >= 0.6 is 24.0 Å². The summed E-state index contributed by atoms with van der Waals surface area (Å²) in [6.45, 7) is 2.51. The van der Waals surface area contributed by atoms with Gasteiger partial charge in [0.15, 0.2) is 11.7 Å². The molecule has 1 aliphatic rings. The molecular weight excluding hydrogens is 497 g/mol. The first kappa shape index (κ1) is 23.7. The Morgan fingerprint density at radius 2 is 2.00 bits per heavy atom. The summed E-state index contributed by atoms with van der Waals surface area (Å²) in [5.41, 5.74) is 6.42. The molecule has 1 unspecified atom stereocenters. The van der Waals surface area contributed by atoms with Gasteiger partial charge in [-0.05, 0) is 24.1 Å². The predicted molar refractivity (Wildman–Crippen MR) is 126 cm³/mol. The number of aliphatic imine (C=N–C) groups is 1. The fourth-order valence-electron chi connectivity index (χ4n) is 3.35. The van der Waals surface area contributed by atoms with Crippen molar-refractivity contribution in [2.24, 2.45) is 16.6 Å². The minimum Gasteiger partial charge on any atom is -0.454 e. The molecule has 3 rings (SSSR count). The summed E-state index contributed by atoms with van der Waals surface area (Å²) in [7, 11) is 1.68. The lowest BCUT2D eigenvalue weighted by atomic mass is 10.1. The van der Waals surface area contributed by atoms with E-state index in [2.05, 4.69) is 27.8 Å². The zero-order valence-corrected chi connectivity index (χ0v) is 19.3. The van der Waals surface area contributed by atoms with Crippen molar-refractivity contribution < 1.29 is 14.0 Å². The first-order valence-corrected chi connectivity index (χ1v) is 9.70. The van der Waals surface area contributed by atoms with Crippen molar-refractivity contribution in [3.05, 3.63) is 59.5 Å². The van der Waals surface area contributed by atoms with Gasteiger partial charge in [-0.2, -0.15) is 0 Å². The maximum Gasteiger partial charge on any atom is 0.284 e. The van der Waals surface area contributed by atoms with E-state index in [0.717, 1.165) is 19.5 Å². The number of halogens is 1. The van der Waals surface area contributed by atoms with E-state index in [4.69, 9.17) is 10.2 Å². The molecule has 0 aliphatic carbocycles. The maximum atomic E-state index is 12.3. The van der Waals surface area contributed by atoms with Crippen molar-refractivity contribution in [1.82, 2.24) is 15.5 Å². The highest BCUT2D eigenvalue weighted by Gasteiger charge is 2.29. The molecule has 0 saturated carbocycles. The Labute approximate surface area is 193 Å². The molecule has 0 spiro atoms. The van der Waals surface area contributed by atoms with E-state index in [9.17, 15) is 9.59 Å². The lowest BCUT2D eigenvalue weighted by Gasteiger charge is -2.17. The van der Waals surface area contributed by atoms with E-state index >= 15 is 0 Å². The second-order valence-corrected chi connectivity index (χ2v) is 7.08. The smallest absolute Gasteiger partial charge is 0.284 e. The van der Waals surface area contributed by atoms with Crippen LogP contribution in [-0.2, 0) is 17.8 Å². The van der Waals surface area contributed by atoms with Gasteiger partial charge in [0, 0.05) is 39.0 Å². The fourth-order valence-corrected chi connectivity index (χ4v) is 3.35. The number of hydrogen-bond donors (Lipinski definition) is 3. The fraction of sp³-hybridized carbons (Fsp3) is 0.381. The number of carbonyl (C=O) groups excluding carboxylic acids is 2. The molecule has 2 amide bonds. The van der Waals surface area contributed by atoms with Gasteiger partial charge in [-0.3, -0.25) is 14.6 Å². The van der Waals surface area contributed by atoms with Crippen LogP contribution in [0, 0.1) is 5.92 Å². The molecule has 30 heavy (non-hydrogen) atoms. The molecule has 0 radical (unpaired) electrons. The van der Waals surface area contributed by atoms with Gasteiger partial charge in [0.05, 0.1) is 6.54 Å². The van der Waals surface area contributed by atoms with Crippen LogP contribution in [-0.4, -0.2) is 49.4 Å². The molecule has 0 bridgehead atoms. The topological polar surface area (TPSA) is 113 Å². The number of guanidine groups is 1. The van der Waals surface area contributed by atoms with Gasteiger partial charge in [0.2, 0.25) is 5.91 Å². The Balaban J connectivity index is 0.00000320. The predicted octanol–water partition coefficient (Wildman–Crippen LogP) is 1.75. The largest absolute Gasteiger partial charge is 0.454 e. The summed E-state index contributed by atoms with van der Waals surface area (Å²) in [5, 5.41) is 6.38. The molecule has 1 fully saturated rings. The highest BCUT2D eigenvalue weighted by atomic mass is 127. The summed E-state index contributed by atoms with van der Waals surface area (Å²) >= 11 is 0. The SMILES string of the molecule is CN=C(NCc1ccc(C(N)=O)o1)NCC1CC(=O)N(CCc2ccccc2)C1.I. The summed E-state index contributed by atoms with van der Waals surface area (Å²) < 4.78 is 5.34. The first-order chi connectivity index (χ1) is 14.0. The number of benzene rings is 1. The number of hydrogen-bond acceptors (Lipinski definition) is 4. The number of rotatable bonds is 8. The molecule has 1 aromatic carbocycles. The Morgan fingerprint density at radius 1 is 1.23 bits per heavy atom. The number of carbonyl (C=O) groups is 2. The van der Waals surface area contributed by atoms with Crippen LogP contribution < -0.4 is 16.4 Å². The van der Waals surface area contributed by atoms with Crippen LogP contribution in [0.4, 0.5) is 0 Å². The van der Waals surface area contributed by atoms with Gasteiger partial charge in [-0.15, -0.1) is 24.0 Å². The summed E-state index contributed by atoms with van der Waals surface area (Å²) in [5.74, 6) is 1.17. The van der Waals surface area contributed by atoms with Crippen LogP contribution in [0.25, 0.3) is 0 Å². The van der Waals surface area contributed by atoms with Crippen LogP contribution in [0.3, 0.4) is 0 Å². The number of nitrogens with one attached hydrogen (secondary N) is 2. The van der Waals surface area contributed by atoms with Crippen LogP contribution in [0.1, 0.15) is 28.3 Å². The quantitative estimate of drug-likeness (QED) is 0.276. The molecule has 1 aliphatic heterocycles. The molecule has 1 saturated heterocycles. The van der Waals surface area contributed by atoms with Crippen molar-refractivity contribution in [3.8, 4) is 0 Å². The highest BCUT2D eigenvalue weighted by Crippen LogP contribution is 2.17. The van der Waals surface area contributed by atoms with E-state index < -0.39 is 5.91 Å². The summed E-state index contributed by atoms with van der Waals surface area (Å²) in [6.07, 6.45) is 1.41. The van der Waals surface area contributed by atoms with Crippen molar-refractivity contribution in [2.45, 2.75) is 19.4 Å². The molecule has 9 heteroatoms. The Hall–Kier alpha value is -2.56. The van der Waals surface area contributed by atoms with Crippen LogP contribution in [0.15, 0.2) is 51.9 Å². The third-order valence-corrected chi connectivity index (χ3v) is 4.92. The summed E-state index contributed by atoms with van der Waals surface area (Å²) in [4.78, 5) is 29.5. The minimum atomic E-state index is -0.596. The number of likely N-dealkylation sites (tertiary alicyclic amines) is 1. The number of nitrogens with two attached hydrogens (primary N) is 1. The van der Waals surface area contributed by atoms with Crippen molar-refractivity contribution >= 4 is 41.8 Å². The second kappa shape index (κ2) is 11.6. The lowest BCUT2D eigenvalue weighted by Crippen LogP contribution is -2.40. The molecular formula is C21H28IN5O3. The van der Waals surface area contributed by atoms with Gasteiger partial charge >= 0.3 is 0 Å². The van der Waals surface area contributed by atoms with Gasteiger partial charge in [0.25, 0.3) is 5.91 Å².